The van der Waals surface area contributed by atoms with Gasteiger partial charge in [0.15, 0.2) is 0 Å². The van der Waals surface area contributed by atoms with Crippen LogP contribution in [0, 0.1) is 0 Å². The number of benzene rings is 1. The lowest BCUT2D eigenvalue weighted by Crippen LogP contribution is -2.30. The number of ether oxygens (including phenoxy) is 1. The molecule has 102 valence electrons. The van der Waals surface area contributed by atoms with Crippen molar-refractivity contribution in [1.29, 1.82) is 0 Å². The van der Waals surface area contributed by atoms with Gasteiger partial charge >= 0.3 is 0 Å². The molecule has 2 rings (SSSR count). The maximum atomic E-state index is 12.2. The molecule has 1 aliphatic heterocycles. The number of amidine groups is 1. The first-order valence-corrected chi connectivity index (χ1v) is 6.03. The summed E-state index contributed by atoms with van der Waals surface area (Å²) >= 11 is 0. The van der Waals surface area contributed by atoms with E-state index in [-0.39, 0.29) is 11.7 Å². The molecule has 3 N–H and O–H groups in total. The summed E-state index contributed by atoms with van der Waals surface area (Å²) in [6.07, 6.45) is 0.340. The van der Waals surface area contributed by atoms with Crippen molar-refractivity contribution in [2.75, 3.05) is 13.6 Å². The van der Waals surface area contributed by atoms with Crippen LogP contribution in [0.5, 0.6) is 0 Å². The fourth-order valence-corrected chi connectivity index (χ4v) is 1.96. The number of carbonyl (C=O) groups excluding carboxylic acids is 1. The predicted molar refractivity (Wildman–Crippen MR) is 69.9 cm³/mol. The second-order valence-electron chi connectivity index (χ2n) is 4.54. The number of rotatable bonds is 4. The van der Waals surface area contributed by atoms with Crippen LogP contribution in [0.3, 0.4) is 0 Å². The van der Waals surface area contributed by atoms with E-state index in [1.165, 1.54) is 0 Å². The van der Waals surface area contributed by atoms with E-state index in [4.69, 9.17) is 15.7 Å². The Labute approximate surface area is 111 Å². The molecule has 1 heterocycles. The van der Waals surface area contributed by atoms with E-state index in [1.54, 1.807) is 18.0 Å². The quantitative estimate of drug-likeness (QED) is 0.366. The Morgan fingerprint density at radius 3 is 2.95 bits per heavy atom. The summed E-state index contributed by atoms with van der Waals surface area (Å²) in [5.74, 6) is 0.0300. The van der Waals surface area contributed by atoms with Crippen molar-refractivity contribution in [3.63, 3.8) is 0 Å². The lowest BCUT2D eigenvalue weighted by Gasteiger charge is -2.17. The molecule has 1 aromatic rings. The summed E-state index contributed by atoms with van der Waals surface area (Å²) in [5, 5.41) is 11.3. The average molecular weight is 263 g/mol. The summed E-state index contributed by atoms with van der Waals surface area (Å²) < 4.78 is 5.32. The molecule has 0 aliphatic carbocycles. The number of nitrogens with two attached hydrogens (primary N) is 1. The molecule has 0 saturated heterocycles. The average Bonchev–Trinajstić information content (AvgIpc) is 2.90. The molecular formula is C13H17N3O3. The van der Waals surface area contributed by atoms with Gasteiger partial charge in [-0.25, -0.2) is 0 Å². The van der Waals surface area contributed by atoms with Crippen molar-refractivity contribution >= 4 is 11.7 Å². The number of carbonyl (C=O) groups is 1. The first kappa shape index (κ1) is 13.4. The molecule has 0 radical (unpaired) electrons. The first-order valence-electron chi connectivity index (χ1n) is 6.03. The van der Waals surface area contributed by atoms with Gasteiger partial charge in [0.05, 0.1) is 13.2 Å². The maximum absolute atomic E-state index is 12.2. The van der Waals surface area contributed by atoms with Gasteiger partial charge < -0.3 is 20.6 Å². The summed E-state index contributed by atoms with van der Waals surface area (Å²) in [6, 6.07) is 5.59. The third-order valence-electron chi connectivity index (χ3n) is 3.15. The minimum atomic E-state index is -0.0829. The fraction of sp³-hybridized carbons (Fsp3) is 0.385. The number of hydrogen-bond acceptors (Lipinski definition) is 4. The predicted octanol–water partition coefficient (Wildman–Crippen LogP) is 0.925. The molecule has 0 aromatic heterocycles. The highest BCUT2D eigenvalue weighted by molar-refractivity contribution is 5.94. The number of amides is 1. The van der Waals surface area contributed by atoms with E-state index in [0.717, 1.165) is 11.1 Å². The Hall–Kier alpha value is -2.08. The minimum Gasteiger partial charge on any atom is -0.409 e. The van der Waals surface area contributed by atoms with Crippen LogP contribution in [0.25, 0.3) is 0 Å². The zero-order valence-electron chi connectivity index (χ0n) is 10.8. The highest BCUT2D eigenvalue weighted by atomic mass is 16.5. The topological polar surface area (TPSA) is 88.1 Å². The lowest BCUT2D eigenvalue weighted by atomic mass is 10.1. The summed E-state index contributed by atoms with van der Waals surface area (Å²) in [7, 11) is 1.69. The molecule has 1 aliphatic rings. The van der Waals surface area contributed by atoms with Crippen LogP contribution in [0.2, 0.25) is 0 Å². The molecule has 0 spiro atoms. The minimum absolute atomic E-state index is 0.0829. The molecule has 0 atom stereocenters. The van der Waals surface area contributed by atoms with Crippen LogP contribution in [0.15, 0.2) is 23.4 Å². The lowest BCUT2D eigenvalue weighted by molar-refractivity contribution is 0.0798. The Balaban J connectivity index is 2.03. The molecule has 0 bridgehead atoms. The van der Waals surface area contributed by atoms with Crippen LogP contribution < -0.4 is 5.73 Å². The third-order valence-corrected chi connectivity index (χ3v) is 3.15. The monoisotopic (exact) mass is 263 g/mol. The second kappa shape index (κ2) is 5.71. The summed E-state index contributed by atoms with van der Waals surface area (Å²) in [5.41, 5.74) is 8.21. The highest BCUT2D eigenvalue weighted by Crippen LogP contribution is 2.21. The van der Waals surface area contributed by atoms with Crippen molar-refractivity contribution in [3.05, 3.63) is 34.9 Å². The Kier molecular flexibility index (Phi) is 4.01. The molecule has 1 amide bonds. The van der Waals surface area contributed by atoms with Crippen molar-refractivity contribution in [1.82, 2.24) is 4.90 Å². The van der Waals surface area contributed by atoms with Crippen molar-refractivity contribution < 1.29 is 14.7 Å². The summed E-state index contributed by atoms with van der Waals surface area (Å²) in [4.78, 5) is 13.7. The molecule has 0 fully saturated rings. The van der Waals surface area contributed by atoms with Crippen molar-refractivity contribution in [3.8, 4) is 0 Å². The Bertz CT molecular complexity index is 514. The van der Waals surface area contributed by atoms with E-state index in [0.29, 0.717) is 31.7 Å². The van der Waals surface area contributed by atoms with Gasteiger partial charge in [0, 0.05) is 25.6 Å². The molecule has 6 nitrogen and oxygen atoms in total. The van der Waals surface area contributed by atoms with Gasteiger partial charge in [-0.2, -0.15) is 0 Å². The zero-order valence-corrected chi connectivity index (χ0v) is 10.8. The van der Waals surface area contributed by atoms with Crippen LogP contribution in [0.4, 0.5) is 0 Å². The van der Waals surface area contributed by atoms with Crippen LogP contribution >= 0.6 is 0 Å². The number of hydrogen-bond donors (Lipinski definition) is 2. The Morgan fingerprint density at radius 2 is 2.21 bits per heavy atom. The van der Waals surface area contributed by atoms with E-state index < -0.39 is 0 Å². The molecule has 0 saturated carbocycles. The smallest absolute Gasteiger partial charge is 0.253 e. The van der Waals surface area contributed by atoms with E-state index >= 15 is 0 Å². The first-order chi connectivity index (χ1) is 9.11. The highest BCUT2D eigenvalue weighted by Gasteiger charge is 2.16. The van der Waals surface area contributed by atoms with E-state index in [2.05, 4.69) is 5.16 Å². The largest absolute Gasteiger partial charge is 0.409 e. The Morgan fingerprint density at radius 1 is 1.47 bits per heavy atom. The molecule has 0 unspecified atom stereocenters. The molecule has 19 heavy (non-hydrogen) atoms. The van der Waals surface area contributed by atoms with E-state index in [9.17, 15) is 4.79 Å². The van der Waals surface area contributed by atoms with Crippen LogP contribution in [0.1, 0.15) is 27.9 Å². The van der Waals surface area contributed by atoms with Crippen LogP contribution in [-0.2, 0) is 18.0 Å². The van der Waals surface area contributed by atoms with Gasteiger partial charge in [-0.05, 0) is 23.3 Å². The van der Waals surface area contributed by atoms with E-state index in [1.807, 2.05) is 12.1 Å². The van der Waals surface area contributed by atoms with Crippen LogP contribution in [-0.4, -0.2) is 35.4 Å². The maximum Gasteiger partial charge on any atom is 0.253 e. The van der Waals surface area contributed by atoms with Crippen molar-refractivity contribution in [2.45, 2.75) is 19.6 Å². The standard InChI is InChI=1S/C13H17N3O3/c1-16(5-4-12(14)15-18)13(17)9-2-3-10-7-19-8-11(10)6-9/h2-3,6,18H,4-5,7-8H2,1H3,(H2,14,15). The fourth-order valence-electron chi connectivity index (χ4n) is 1.96. The van der Waals surface area contributed by atoms with Gasteiger partial charge in [-0.1, -0.05) is 11.2 Å². The van der Waals surface area contributed by atoms with Crippen molar-refractivity contribution in [2.24, 2.45) is 10.9 Å². The van der Waals surface area contributed by atoms with Gasteiger partial charge in [0.2, 0.25) is 0 Å². The van der Waals surface area contributed by atoms with Gasteiger partial charge in [-0.3, -0.25) is 4.79 Å². The molecule has 6 heteroatoms. The number of nitrogens with zero attached hydrogens (tertiary/aromatic N) is 2. The second-order valence-corrected chi connectivity index (χ2v) is 4.54. The SMILES string of the molecule is CN(CCC(N)=NO)C(=O)c1ccc2c(c1)COC2. The number of fused-ring (bicyclic) bond motifs is 1. The van der Waals surface area contributed by atoms with Gasteiger partial charge in [-0.15, -0.1) is 0 Å². The molecule has 1 aromatic carbocycles. The molecular weight excluding hydrogens is 246 g/mol. The zero-order chi connectivity index (χ0) is 13.8. The normalized spacial score (nSPS) is 14.3. The van der Waals surface area contributed by atoms with Gasteiger partial charge in [0.1, 0.15) is 5.84 Å². The van der Waals surface area contributed by atoms with Gasteiger partial charge in [0.25, 0.3) is 5.91 Å². The third kappa shape index (κ3) is 3.03. The summed E-state index contributed by atoms with van der Waals surface area (Å²) in [6.45, 7) is 1.58. The number of oxime groups is 1.